The van der Waals surface area contributed by atoms with E-state index in [0.29, 0.717) is 29.0 Å². The van der Waals surface area contributed by atoms with Gasteiger partial charge < -0.3 is 14.4 Å². The number of benzene rings is 1. The van der Waals surface area contributed by atoms with Gasteiger partial charge in [0.2, 0.25) is 5.88 Å². The average Bonchev–Trinajstić information content (AvgIpc) is 3.20. The van der Waals surface area contributed by atoms with Crippen LogP contribution in [-0.4, -0.2) is 41.6 Å². The third kappa shape index (κ3) is 4.61. The van der Waals surface area contributed by atoms with Gasteiger partial charge in [-0.3, -0.25) is 10.1 Å². The Hall–Kier alpha value is -3.20. The zero-order valence-corrected chi connectivity index (χ0v) is 18.8. The van der Waals surface area contributed by atoms with Crippen LogP contribution in [0.1, 0.15) is 46.3 Å². The minimum atomic E-state index is -0.150. The molecule has 2 aromatic heterocycles. The highest BCUT2D eigenvalue weighted by atomic mass is 32.1. The molecule has 0 unspecified atom stereocenters. The zero-order valence-electron chi connectivity index (χ0n) is 18.0. The molecule has 1 amide bonds. The fraction of sp³-hybridized carbons (Fsp3) is 0.364. The van der Waals surface area contributed by atoms with Gasteiger partial charge in [-0.25, -0.2) is 4.98 Å². The number of nitrogens with one attached hydrogen (secondary N) is 1. The van der Waals surface area contributed by atoms with E-state index >= 15 is 0 Å². The minimum absolute atomic E-state index is 0.150. The molecule has 8 nitrogen and oxygen atoms in total. The predicted molar refractivity (Wildman–Crippen MR) is 120 cm³/mol. The largest absolute Gasteiger partial charge is 0.481 e. The van der Waals surface area contributed by atoms with Crippen LogP contribution in [0.4, 0.5) is 10.9 Å². The van der Waals surface area contributed by atoms with Gasteiger partial charge in [-0.15, -0.1) is 0 Å². The third-order valence-electron chi connectivity index (χ3n) is 5.18. The summed E-state index contributed by atoms with van der Waals surface area (Å²) in [5, 5.41) is 3.55. The van der Waals surface area contributed by atoms with E-state index < -0.39 is 0 Å². The molecule has 1 N–H and O–H groups in total. The Morgan fingerprint density at radius 1 is 1.13 bits per heavy atom. The minimum Gasteiger partial charge on any atom is -0.481 e. The van der Waals surface area contributed by atoms with E-state index in [1.54, 1.807) is 13.2 Å². The quantitative estimate of drug-likeness (QED) is 0.623. The number of carbonyl (C=O) groups is 1. The molecule has 1 aliphatic heterocycles. The first-order valence-corrected chi connectivity index (χ1v) is 10.9. The Bertz CT molecular complexity index is 1060. The van der Waals surface area contributed by atoms with E-state index in [2.05, 4.69) is 39.0 Å². The van der Waals surface area contributed by atoms with Crippen molar-refractivity contribution in [2.24, 2.45) is 0 Å². The van der Waals surface area contributed by atoms with Crippen molar-refractivity contribution >= 4 is 28.2 Å². The lowest BCUT2D eigenvalue weighted by Gasteiger charge is -2.27. The van der Waals surface area contributed by atoms with Crippen molar-refractivity contribution in [1.82, 2.24) is 15.0 Å². The smallest absolute Gasteiger partial charge is 0.321 e. The lowest BCUT2D eigenvalue weighted by Crippen LogP contribution is -2.30. The summed E-state index contributed by atoms with van der Waals surface area (Å²) in [6.45, 7) is 5.66. The van der Waals surface area contributed by atoms with Gasteiger partial charge in [0, 0.05) is 29.5 Å². The fourth-order valence-corrected chi connectivity index (χ4v) is 4.40. The second-order valence-corrected chi connectivity index (χ2v) is 8.63. The van der Waals surface area contributed by atoms with Crippen molar-refractivity contribution in [3.8, 4) is 11.9 Å². The highest BCUT2D eigenvalue weighted by Crippen LogP contribution is 2.32. The summed E-state index contributed by atoms with van der Waals surface area (Å²) in [6, 6.07) is 9.76. The van der Waals surface area contributed by atoms with Gasteiger partial charge in [0.1, 0.15) is 5.82 Å². The number of ether oxygens (including phenoxy) is 2. The molecule has 4 rings (SSSR count). The van der Waals surface area contributed by atoms with Crippen molar-refractivity contribution in [3.05, 3.63) is 52.0 Å². The highest BCUT2D eigenvalue weighted by molar-refractivity contribution is 7.15. The van der Waals surface area contributed by atoms with E-state index in [1.807, 2.05) is 24.3 Å². The van der Waals surface area contributed by atoms with Crippen LogP contribution in [0, 0.1) is 0 Å². The van der Waals surface area contributed by atoms with Crippen LogP contribution >= 0.6 is 11.3 Å². The summed E-state index contributed by atoms with van der Waals surface area (Å²) < 4.78 is 10.4. The van der Waals surface area contributed by atoms with E-state index in [-0.39, 0.29) is 11.9 Å². The number of rotatable bonds is 6. The lowest BCUT2D eigenvalue weighted by atomic mass is 10.0. The molecule has 0 fully saturated rings. The van der Waals surface area contributed by atoms with Crippen molar-refractivity contribution in [2.45, 2.75) is 32.7 Å². The Balaban J connectivity index is 1.47. The molecule has 0 radical (unpaired) electrons. The van der Waals surface area contributed by atoms with E-state index in [4.69, 9.17) is 9.47 Å². The number of amides is 1. The number of nitrogens with zero attached hydrogens (tertiary/aromatic N) is 4. The normalized spacial score (nSPS) is 13.1. The predicted octanol–water partition coefficient (Wildman–Crippen LogP) is 3.89. The van der Waals surface area contributed by atoms with E-state index in [1.165, 1.54) is 24.0 Å². The monoisotopic (exact) mass is 439 g/mol. The first kappa shape index (κ1) is 21.0. The Kier molecular flexibility index (Phi) is 6.03. The van der Waals surface area contributed by atoms with E-state index in [0.717, 1.165) is 29.4 Å². The molecule has 0 atom stereocenters. The van der Waals surface area contributed by atoms with E-state index in [9.17, 15) is 4.79 Å². The molecular formula is C22H25N5O3S. The average molecular weight is 440 g/mol. The number of anilines is 2. The molecule has 0 bridgehead atoms. The number of thiazole rings is 1. The number of methoxy groups -OCH3 is 2. The summed E-state index contributed by atoms with van der Waals surface area (Å²) in [6.07, 6.45) is 0.763. The molecule has 9 heteroatoms. The zero-order chi connectivity index (χ0) is 22.0. The van der Waals surface area contributed by atoms with Crippen LogP contribution < -0.4 is 19.7 Å². The third-order valence-corrected chi connectivity index (χ3v) is 6.17. The maximum absolute atomic E-state index is 12.6. The van der Waals surface area contributed by atoms with Crippen molar-refractivity contribution in [2.75, 3.05) is 31.0 Å². The van der Waals surface area contributed by atoms with Crippen LogP contribution in [0.3, 0.4) is 0 Å². The number of fused-ring (bicyclic) bond motifs is 1. The Labute approximate surface area is 185 Å². The molecule has 0 saturated heterocycles. The first-order valence-electron chi connectivity index (χ1n) is 10.1. The summed E-state index contributed by atoms with van der Waals surface area (Å²) >= 11 is 1.49. The summed E-state index contributed by atoms with van der Waals surface area (Å²) in [5.74, 6) is 1.47. The van der Waals surface area contributed by atoms with Crippen LogP contribution in [0.5, 0.6) is 11.9 Å². The molecule has 0 spiro atoms. The SMILES string of the molecule is COc1cc(N2CCc3nc(NC(=O)c4ccc(C(C)C)cc4)sc3C2)nc(OC)n1. The molecule has 3 aromatic rings. The Morgan fingerprint density at radius 2 is 1.90 bits per heavy atom. The fourth-order valence-electron chi connectivity index (χ4n) is 3.38. The summed E-state index contributed by atoms with van der Waals surface area (Å²) in [4.78, 5) is 29.1. The summed E-state index contributed by atoms with van der Waals surface area (Å²) in [7, 11) is 3.09. The second-order valence-electron chi connectivity index (χ2n) is 7.55. The van der Waals surface area contributed by atoms with Gasteiger partial charge in [-0.1, -0.05) is 37.3 Å². The van der Waals surface area contributed by atoms with Crippen LogP contribution in [0.25, 0.3) is 0 Å². The molecule has 31 heavy (non-hydrogen) atoms. The van der Waals surface area contributed by atoms with Gasteiger partial charge >= 0.3 is 6.01 Å². The molecular weight excluding hydrogens is 414 g/mol. The molecule has 1 aliphatic rings. The maximum Gasteiger partial charge on any atom is 0.321 e. The second kappa shape index (κ2) is 8.89. The van der Waals surface area contributed by atoms with Gasteiger partial charge in [0.05, 0.1) is 26.5 Å². The number of hydrogen-bond acceptors (Lipinski definition) is 8. The number of carbonyl (C=O) groups excluding carboxylic acids is 1. The topological polar surface area (TPSA) is 89.5 Å². The molecule has 1 aromatic carbocycles. The molecule has 0 aliphatic carbocycles. The molecule has 162 valence electrons. The van der Waals surface area contributed by atoms with Gasteiger partial charge in [-0.2, -0.15) is 9.97 Å². The molecule has 3 heterocycles. The van der Waals surface area contributed by atoms with Crippen LogP contribution in [-0.2, 0) is 13.0 Å². The summed E-state index contributed by atoms with van der Waals surface area (Å²) in [5.41, 5.74) is 2.85. The van der Waals surface area contributed by atoms with Crippen LogP contribution in [0.2, 0.25) is 0 Å². The van der Waals surface area contributed by atoms with Crippen molar-refractivity contribution in [3.63, 3.8) is 0 Å². The lowest BCUT2D eigenvalue weighted by molar-refractivity contribution is 0.102. The number of hydrogen-bond donors (Lipinski definition) is 1. The highest BCUT2D eigenvalue weighted by Gasteiger charge is 2.23. The first-order chi connectivity index (χ1) is 15.0. The van der Waals surface area contributed by atoms with Crippen molar-refractivity contribution in [1.29, 1.82) is 0 Å². The van der Waals surface area contributed by atoms with Crippen LogP contribution in [0.15, 0.2) is 30.3 Å². The maximum atomic E-state index is 12.6. The molecule has 0 saturated carbocycles. The van der Waals surface area contributed by atoms with Gasteiger partial charge in [0.15, 0.2) is 5.13 Å². The standard InChI is InChI=1S/C22H25N5O3S/c1-13(2)14-5-7-15(8-6-14)20(28)26-22-23-16-9-10-27(12-17(16)31-22)18-11-19(29-3)25-21(24-18)30-4/h5-8,11,13H,9-10,12H2,1-4H3,(H,23,26,28). The van der Waals surface area contributed by atoms with Crippen molar-refractivity contribution < 1.29 is 14.3 Å². The van der Waals surface area contributed by atoms with Gasteiger partial charge in [-0.05, 0) is 23.6 Å². The Morgan fingerprint density at radius 3 is 2.58 bits per heavy atom. The van der Waals surface area contributed by atoms with Gasteiger partial charge in [0.25, 0.3) is 5.91 Å². The number of aromatic nitrogens is 3.